The Hall–Kier alpha value is -2.25. The number of methoxy groups -OCH3 is 2. The Bertz CT molecular complexity index is 901. The van der Waals surface area contributed by atoms with Crippen molar-refractivity contribution in [2.75, 3.05) is 47.9 Å². The Morgan fingerprint density at radius 2 is 1.48 bits per heavy atom. The quantitative estimate of drug-likeness (QED) is 0.0785. The zero-order chi connectivity index (χ0) is 30.4. The molecule has 0 saturated carbocycles. The fourth-order valence-corrected chi connectivity index (χ4v) is 4.27. The first-order valence-corrected chi connectivity index (χ1v) is 12.5. The largest absolute Gasteiger partial charge is 0.550 e. The molecule has 0 aliphatic carbocycles. The monoisotopic (exact) mass is 580 g/mol. The van der Waals surface area contributed by atoms with Gasteiger partial charge in [-0.25, -0.2) is 4.79 Å². The van der Waals surface area contributed by atoms with E-state index in [4.69, 9.17) is 28.4 Å². The van der Waals surface area contributed by atoms with Gasteiger partial charge in [-0.1, -0.05) is 6.58 Å². The first-order chi connectivity index (χ1) is 18.6. The van der Waals surface area contributed by atoms with Crippen LogP contribution in [0.2, 0.25) is 0 Å². The van der Waals surface area contributed by atoms with Crippen LogP contribution in [-0.2, 0) is 42.8 Å². The smallest absolute Gasteiger partial charge is 0.343 e. The molecule has 4 unspecified atom stereocenters. The van der Waals surface area contributed by atoms with Crippen molar-refractivity contribution in [3.63, 3.8) is 0 Å². The lowest BCUT2D eigenvalue weighted by Crippen LogP contribution is -2.66. The normalized spacial score (nSPS) is 34.6. The number of hydrogen-bond acceptors (Lipinski definition) is 14. The van der Waals surface area contributed by atoms with E-state index in [9.17, 15) is 39.9 Å². The summed E-state index contributed by atoms with van der Waals surface area (Å²) in [6.07, 6.45) is -16.7. The van der Waals surface area contributed by atoms with E-state index in [1.807, 2.05) is 0 Å². The molecule has 0 radical (unpaired) electrons. The third-order valence-corrected chi connectivity index (χ3v) is 6.59. The number of allylic oxidation sites excluding steroid dienone is 1. The number of carbonyl (C=O) groups is 3. The SMILES string of the molecule is C=C(C)OC(=O)C1OC(OC)[C@H](O)[C@@H](O)[C@@H]1OC1OC(C(=O)NCC[N+](C)(C)CCC(=O)[O-])[C@@H](OC)[C@H](O)[C@H]1O. The third-order valence-electron chi connectivity index (χ3n) is 6.59. The lowest BCUT2D eigenvalue weighted by Gasteiger charge is -2.45. The van der Waals surface area contributed by atoms with Gasteiger partial charge in [0.25, 0.3) is 5.91 Å². The summed E-state index contributed by atoms with van der Waals surface area (Å²) in [5.74, 6) is -3.00. The number of carbonyl (C=O) groups excluding carboxylic acids is 3. The summed E-state index contributed by atoms with van der Waals surface area (Å²) < 4.78 is 32.1. The molecule has 2 saturated heterocycles. The molecule has 230 valence electrons. The van der Waals surface area contributed by atoms with E-state index in [0.717, 1.165) is 0 Å². The minimum Gasteiger partial charge on any atom is -0.550 e. The number of nitrogens with one attached hydrogen (secondary N) is 1. The van der Waals surface area contributed by atoms with Crippen molar-refractivity contribution >= 4 is 17.8 Å². The molecule has 0 bridgehead atoms. The lowest BCUT2D eigenvalue weighted by molar-refractivity contribution is -0.888. The van der Waals surface area contributed by atoms with Crippen LogP contribution in [-0.4, -0.2) is 152 Å². The van der Waals surface area contributed by atoms with Crippen molar-refractivity contribution in [3.05, 3.63) is 12.3 Å². The van der Waals surface area contributed by atoms with Gasteiger partial charge < -0.3 is 68.5 Å². The number of carboxylic acids is 1. The van der Waals surface area contributed by atoms with Crippen LogP contribution < -0.4 is 10.4 Å². The number of likely N-dealkylation sites (N-methyl/N-ethyl adjacent to an activating group) is 1. The standard InChI is InChI=1S/C24H40N2O14/c1-11(2)37-22(34)20-18(14(30)15(31)23(36-6)40-20)38-24-16(32)13(29)17(35-5)19(39-24)21(33)25-8-10-26(3,4)9-7-12(27)28/h13-20,23-24,29-32H,1,7-10H2,2-6H3,(H-,25,27,28,33)/t13-,14-,15-,16-,17+,18+,19?,20?,23?,24?/m1/s1. The molecular weight excluding hydrogens is 540 g/mol. The molecule has 0 aromatic heterocycles. The molecule has 2 fully saturated rings. The molecule has 2 rings (SSSR count). The number of ether oxygens (including phenoxy) is 6. The molecule has 2 aliphatic rings. The molecule has 5 N–H and O–H groups in total. The van der Waals surface area contributed by atoms with E-state index in [2.05, 4.69) is 11.9 Å². The predicted molar refractivity (Wildman–Crippen MR) is 129 cm³/mol. The van der Waals surface area contributed by atoms with Gasteiger partial charge in [0, 0.05) is 26.6 Å². The first kappa shape index (κ1) is 34.0. The minimum absolute atomic E-state index is 0.00704. The highest BCUT2D eigenvalue weighted by molar-refractivity contribution is 5.81. The maximum Gasteiger partial charge on any atom is 0.343 e. The zero-order valence-corrected chi connectivity index (χ0v) is 23.1. The fraction of sp³-hybridized carbons (Fsp3) is 0.792. The van der Waals surface area contributed by atoms with Crippen molar-refractivity contribution in [1.29, 1.82) is 0 Å². The molecular formula is C24H40N2O14. The number of aliphatic carboxylic acids is 1. The van der Waals surface area contributed by atoms with E-state index in [0.29, 0.717) is 6.54 Å². The van der Waals surface area contributed by atoms with Crippen LogP contribution in [0.15, 0.2) is 12.3 Å². The van der Waals surface area contributed by atoms with Gasteiger partial charge in [-0.3, -0.25) is 4.79 Å². The highest BCUT2D eigenvalue weighted by Crippen LogP contribution is 2.31. The predicted octanol–water partition coefficient (Wildman–Crippen LogP) is -4.66. The van der Waals surface area contributed by atoms with Crippen molar-refractivity contribution in [3.8, 4) is 0 Å². The van der Waals surface area contributed by atoms with Gasteiger partial charge in [-0.2, -0.15) is 0 Å². The molecule has 16 heteroatoms. The number of aliphatic hydroxyl groups excluding tert-OH is 4. The van der Waals surface area contributed by atoms with E-state index >= 15 is 0 Å². The maximum absolute atomic E-state index is 13.0. The molecule has 2 heterocycles. The van der Waals surface area contributed by atoms with Crippen LogP contribution in [0.3, 0.4) is 0 Å². The topological polar surface area (TPSA) is 223 Å². The third kappa shape index (κ3) is 8.62. The maximum atomic E-state index is 13.0. The second kappa shape index (κ2) is 14.6. The highest BCUT2D eigenvalue weighted by Gasteiger charge is 2.54. The first-order valence-electron chi connectivity index (χ1n) is 12.5. The summed E-state index contributed by atoms with van der Waals surface area (Å²) in [5, 5.41) is 55.8. The van der Waals surface area contributed by atoms with Crippen LogP contribution in [0.25, 0.3) is 0 Å². The van der Waals surface area contributed by atoms with Crippen molar-refractivity contribution in [2.45, 2.75) is 74.8 Å². The van der Waals surface area contributed by atoms with Gasteiger partial charge in [-0.15, -0.1) is 0 Å². The molecule has 0 aromatic rings. The van der Waals surface area contributed by atoms with Crippen molar-refractivity contribution in [2.24, 2.45) is 0 Å². The molecule has 1 amide bonds. The molecule has 40 heavy (non-hydrogen) atoms. The van der Waals surface area contributed by atoms with Gasteiger partial charge in [0.2, 0.25) is 0 Å². The molecule has 0 aromatic carbocycles. The Morgan fingerprint density at radius 1 is 0.900 bits per heavy atom. The number of carboxylic acid groups (broad SMARTS) is 1. The van der Waals surface area contributed by atoms with E-state index in [-0.39, 0.29) is 29.8 Å². The van der Waals surface area contributed by atoms with Gasteiger partial charge in [0.15, 0.2) is 24.8 Å². The second-order valence-electron chi connectivity index (χ2n) is 10.3. The number of amides is 1. The molecule has 0 spiro atoms. The van der Waals surface area contributed by atoms with Crippen molar-refractivity contribution in [1.82, 2.24) is 5.32 Å². The summed E-state index contributed by atoms with van der Waals surface area (Å²) in [6, 6.07) is 0. The van der Waals surface area contributed by atoms with E-state index in [1.165, 1.54) is 21.1 Å². The van der Waals surface area contributed by atoms with Crippen LogP contribution in [0, 0.1) is 0 Å². The van der Waals surface area contributed by atoms with Gasteiger partial charge in [0.1, 0.15) is 36.6 Å². The number of aliphatic hydroxyl groups is 4. The van der Waals surface area contributed by atoms with Crippen LogP contribution in [0.4, 0.5) is 0 Å². The number of esters is 1. The molecule has 16 nitrogen and oxygen atoms in total. The Morgan fingerprint density at radius 3 is 2.02 bits per heavy atom. The summed E-state index contributed by atoms with van der Waals surface area (Å²) in [6.45, 7) is 5.54. The van der Waals surface area contributed by atoms with Crippen LogP contribution in [0.5, 0.6) is 0 Å². The average molecular weight is 581 g/mol. The van der Waals surface area contributed by atoms with E-state index < -0.39 is 79.3 Å². The highest BCUT2D eigenvalue weighted by atomic mass is 16.7. The summed E-state index contributed by atoms with van der Waals surface area (Å²) >= 11 is 0. The Labute approximate surface area is 231 Å². The number of quaternary nitrogens is 1. The molecule has 2 aliphatic heterocycles. The summed E-state index contributed by atoms with van der Waals surface area (Å²) in [5.41, 5.74) is 0. The van der Waals surface area contributed by atoms with Gasteiger partial charge in [0.05, 0.1) is 39.5 Å². The fourth-order valence-electron chi connectivity index (χ4n) is 4.27. The second-order valence-corrected chi connectivity index (χ2v) is 10.3. The number of hydrogen-bond donors (Lipinski definition) is 5. The Balaban J connectivity index is 2.19. The van der Waals surface area contributed by atoms with Gasteiger partial charge in [-0.05, 0) is 6.92 Å². The van der Waals surface area contributed by atoms with Crippen molar-refractivity contribution < 1.29 is 72.8 Å². The lowest BCUT2D eigenvalue weighted by atomic mass is 9.96. The van der Waals surface area contributed by atoms with Crippen LogP contribution in [0.1, 0.15) is 13.3 Å². The minimum atomic E-state index is -1.82. The molecule has 10 atom stereocenters. The van der Waals surface area contributed by atoms with Crippen LogP contribution >= 0.6 is 0 Å². The zero-order valence-electron chi connectivity index (χ0n) is 23.1. The summed E-state index contributed by atoms with van der Waals surface area (Å²) in [4.78, 5) is 36.4. The Kier molecular flexibility index (Phi) is 12.4. The number of rotatable bonds is 13. The average Bonchev–Trinajstić information content (AvgIpc) is 2.87. The number of nitrogens with zero attached hydrogens (tertiary/aromatic N) is 1. The van der Waals surface area contributed by atoms with Gasteiger partial charge >= 0.3 is 5.97 Å². The van der Waals surface area contributed by atoms with E-state index in [1.54, 1.807) is 14.1 Å². The summed E-state index contributed by atoms with van der Waals surface area (Å²) in [7, 11) is 5.90.